The van der Waals surface area contributed by atoms with Crippen molar-refractivity contribution in [1.82, 2.24) is 5.32 Å². The highest BCUT2D eigenvalue weighted by atomic mass is 19.1. The zero-order chi connectivity index (χ0) is 11.8. The Morgan fingerprint density at radius 3 is 2.81 bits per heavy atom. The minimum atomic E-state index is -0.306. The van der Waals surface area contributed by atoms with Crippen LogP contribution in [0, 0.1) is 11.2 Å². The Balaban J connectivity index is 2.01. The van der Waals surface area contributed by atoms with Gasteiger partial charge in [-0.05, 0) is 43.4 Å². The second kappa shape index (κ2) is 4.06. The molecule has 1 aliphatic carbocycles. The Hall–Kier alpha value is -1.09. The van der Waals surface area contributed by atoms with E-state index >= 15 is 0 Å². The number of rotatable bonds is 4. The van der Waals surface area contributed by atoms with Crippen LogP contribution in [0.2, 0.25) is 0 Å². The van der Waals surface area contributed by atoms with Crippen molar-refractivity contribution in [1.29, 1.82) is 0 Å². The lowest BCUT2D eigenvalue weighted by Crippen LogP contribution is -2.25. The van der Waals surface area contributed by atoms with Crippen molar-refractivity contribution in [3.8, 4) is 5.75 Å². The average molecular weight is 223 g/mol. The highest BCUT2D eigenvalue weighted by Gasteiger charge is 2.37. The number of phenolic OH excluding ortho intramolecular Hbond substituents is 1. The fourth-order valence-electron chi connectivity index (χ4n) is 1.77. The molecule has 0 aliphatic heterocycles. The standard InChI is InChI=1S/C13H18FNO/c1-9(15-8-13(2)5-6-13)11-7-10(14)3-4-12(11)16/h3-4,7,9,15-16H,5-6,8H2,1-2H3. The molecule has 0 heterocycles. The van der Waals surface area contributed by atoms with Gasteiger partial charge in [-0.3, -0.25) is 0 Å². The molecule has 0 saturated heterocycles. The molecule has 2 rings (SSSR count). The zero-order valence-electron chi connectivity index (χ0n) is 9.76. The fourth-order valence-corrected chi connectivity index (χ4v) is 1.77. The van der Waals surface area contributed by atoms with Crippen LogP contribution >= 0.6 is 0 Å². The van der Waals surface area contributed by atoms with Crippen molar-refractivity contribution >= 4 is 0 Å². The van der Waals surface area contributed by atoms with Gasteiger partial charge < -0.3 is 10.4 Å². The van der Waals surface area contributed by atoms with Crippen molar-refractivity contribution in [2.24, 2.45) is 5.41 Å². The van der Waals surface area contributed by atoms with Crippen LogP contribution in [0.5, 0.6) is 5.75 Å². The van der Waals surface area contributed by atoms with Crippen LogP contribution in [0.1, 0.15) is 38.3 Å². The van der Waals surface area contributed by atoms with Crippen molar-refractivity contribution < 1.29 is 9.50 Å². The third kappa shape index (κ3) is 2.53. The van der Waals surface area contributed by atoms with Gasteiger partial charge in [0.25, 0.3) is 0 Å². The van der Waals surface area contributed by atoms with Gasteiger partial charge in [-0.2, -0.15) is 0 Å². The molecule has 0 spiro atoms. The fraction of sp³-hybridized carbons (Fsp3) is 0.538. The minimum Gasteiger partial charge on any atom is -0.508 e. The lowest BCUT2D eigenvalue weighted by atomic mass is 10.1. The smallest absolute Gasteiger partial charge is 0.123 e. The first-order chi connectivity index (χ1) is 7.50. The summed E-state index contributed by atoms with van der Waals surface area (Å²) in [6.07, 6.45) is 2.50. The predicted molar refractivity (Wildman–Crippen MR) is 61.8 cm³/mol. The Bertz CT molecular complexity index is 388. The molecule has 1 aromatic carbocycles. The number of nitrogens with one attached hydrogen (secondary N) is 1. The van der Waals surface area contributed by atoms with E-state index in [1.165, 1.54) is 31.0 Å². The molecule has 0 bridgehead atoms. The SMILES string of the molecule is CC(NCC1(C)CC1)c1cc(F)ccc1O. The lowest BCUT2D eigenvalue weighted by molar-refractivity contribution is 0.426. The maximum Gasteiger partial charge on any atom is 0.123 e. The van der Waals surface area contributed by atoms with Crippen LogP contribution in [0.3, 0.4) is 0 Å². The first-order valence-corrected chi connectivity index (χ1v) is 5.72. The minimum absolute atomic E-state index is 0.0203. The molecule has 1 unspecified atom stereocenters. The zero-order valence-corrected chi connectivity index (χ0v) is 9.76. The molecule has 16 heavy (non-hydrogen) atoms. The summed E-state index contributed by atoms with van der Waals surface area (Å²) in [5.41, 5.74) is 1.04. The van der Waals surface area contributed by atoms with Crippen molar-refractivity contribution in [2.45, 2.75) is 32.7 Å². The molecule has 1 aliphatic rings. The number of hydrogen-bond acceptors (Lipinski definition) is 2. The van der Waals surface area contributed by atoms with Gasteiger partial charge in [-0.25, -0.2) is 4.39 Å². The highest BCUT2D eigenvalue weighted by molar-refractivity contribution is 5.34. The van der Waals surface area contributed by atoms with Crippen molar-refractivity contribution in [2.75, 3.05) is 6.54 Å². The van der Waals surface area contributed by atoms with E-state index in [2.05, 4.69) is 12.2 Å². The normalized spacial score (nSPS) is 19.4. The van der Waals surface area contributed by atoms with Gasteiger partial charge >= 0.3 is 0 Å². The first kappa shape index (κ1) is 11.4. The number of phenols is 1. The Morgan fingerprint density at radius 2 is 2.19 bits per heavy atom. The molecular formula is C13H18FNO. The molecular weight excluding hydrogens is 205 g/mol. The van der Waals surface area contributed by atoms with Crippen LogP contribution in [0.15, 0.2) is 18.2 Å². The van der Waals surface area contributed by atoms with Crippen LogP contribution in [0.4, 0.5) is 4.39 Å². The molecule has 88 valence electrons. The van der Waals surface area contributed by atoms with Gasteiger partial charge in [-0.1, -0.05) is 6.92 Å². The number of halogens is 1. The third-order valence-corrected chi connectivity index (χ3v) is 3.39. The molecule has 2 nitrogen and oxygen atoms in total. The topological polar surface area (TPSA) is 32.3 Å². The van der Waals surface area contributed by atoms with Gasteiger partial charge in [0.15, 0.2) is 0 Å². The summed E-state index contributed by atoms with van der Waals surface area (Å²) < 4.78 is 13.1. The summed E-state index contributed by atoms with van der Waals surface area (Å²) in [7, 11) is 0. The van der Waals surface area contributed by atoms with Crippen LogP contribution in [0.25, 0.3) is 0 Å². The van der Waals surface area contributed by atoms with Crippen LogP contribution < -0.4 is 5.32 Å². The van der Waals surface area contributed by atoms with E-state index < -0.39 is 0 Å². The molecule has 1 saturated carbocycles. The molecule has 1 aromatic rings. The summed E-state index contributed by atoms with van der Waals surface area (Å²) in [6, 6.07) is 4.05. The van der Waals surface area contributed by atoms with Gasteiger partial charge in [0.2, 0.25) is 0 Å². The summed E-state index contributed by atoms with van der Waals surface area (Å²) >= 11 is 0. The van der Waals surface area contributed by atoms with E-state index in [0.29, 0.717) is 11.0 Å². The molecule has 0 radical (unpaired) electrons. The van der Waals surface area contributed by atoms with Gasteiger partial charge in [-0.15, -0.1) is 0 Å². The summed E-state index contributed by atoms with van der Waals surface area (Å²) in [5.74, 6) is -0.151. The maximum atomic E-state index is 13.1. The second-order valence-corrected chi connectivity index (χ2v) is 5.12. The van der Waals surface area contributed by atoms with Crippen molar-refractivity contribution in [3.05, 3.63) is 29.6 Å². The first-order valence-electron chi connectivity index (χ1n) is 5.72. The average Bonchev–Trinajstić information content (AvgIpc) is 2.97. The van der Waals surface area contributed by atoms with Gasteiger partial charge in [0.05, 0.1) is 0 Å². The highest BCUT2D eigenvalue weighted by Crippen LogP contribution is 2.44. The molecule has 3 heteroatoms. The van der Waals surface area contributed by atoms with Gasteiger partial charge in [0, 0.05) is 18.2 Å². The molecule has 0 amide bonds. The van der Waals surface area contributed by atoms with E-state index in [1.54, 1.807) is 0 Å². The molecule has 1 fully saturated rings. The largest absolute Gasteiger partial charge is 0.508 e. The van der Waals surface area contributed by atoms with E-state index in [1.807, 2.05) is 6.92 Å². The molecule has 1 atom stereocenters. The van der Waals surface area contributed by atoms with E-state index in [4.69, 9.17) is 0 Å². The van der Waals surface area contributed by atoms with E-state index in [9.17, 15) is 9.50 Å². The monoisotopic (exact) mass is 223 g/mol. The molecule has 0 aromatic heterocycles. The van der Waals surface area contributed by atoms with Crippen molar-refractivity contribution in [3.63, 3.8) is 0 Å². The second-order valence-electron chi connectivity index (χ2n) is 5.12. The maximum absolute atomic E-state index is 13.1. The Morgan fingerprint density at radius 1 is 1.50 bits per heavy atom. The summed E-state index contributed by atoms with van der Waals surface area (Å²) in [4.78, 5) is 0. The van der Waals surface area contributed by atoms with Gasteiger partial charge in [0.1, 0.15) is 11.6 Å². The quantitative estimate of drug-likeness (QED) is 0.822. The van der Waals surface area contributed by atoms with E-state index in [0.717, 1.165) is 6.54 Å². The summed E-state index contributed by atoms with van der Waals surface area (Å²) in [5, 5.41) is 13.0. The predicted octanol–water partition coefficient (Wildman–Crippen LogP) is 2.98. The lowest BCUT2D eigenvalue weighted by Gasteiger charge is -2.18. The van der Waals surface area contributed by atoms with Crippen LogP contribution in [-0.4, -0.2) is 11.7 Å². The number of benzene rings is 1. The Labute approximate surface area is 95.5 Å². The molecule has 2 N–H and O–H groups in total. The van der Waals surface area contributed by atoms with Crippen LogP contribution in [-0.2, 0) is 0 Å². The number of hydrogen-bond donors (Lipinski definition) is 2. The number of aromatic hydroxyl groups is 1. The van der Waals surface area contributed by atoms with E-state index in [-0.39, 0.29) is 17.6 Å². The summed E-state index contributed by atoms with van der Waals surface area (Å²) in [6.45, 7) is 5.10. The third-order valence-electron chi connectivity index (χ3n) is 3.39. The Kier molecular flexibility index (Phi) is 2.89.